The Morgan fingerprint density at radius 1 is 1.33 bits per heavy atom. The van der Waals surface area contributed by atoms with Gasteiger partial charge in [0.2, 0.25) is 5.91 Å². The first-order valence-electron chi connectivity index (χ1n) is 7.18. The van der Waals surface area contributed by atoms with E-state index in [0.29, 0.717) is 6.54 Å². The number of carbonyl (C=O) groups is 1. The van der Waals surface area contributed by atoms with Crippen LogP contribution in [0.15, 0.2) is 22.6 Å². The highest BCUT2D eigenvalue weighted by Crippen LogP contribution is 2.34. The van der Waals surface area contributed by atoms with Crippen LogP contribution in [-0.4, -0.2) is 31.0 Å². The summed E-state index contributed by atoms with van der Waals surface area (Å²) in [4.78, 5) is 13.7. The van der Waals surface area contributed by atoms with Crippen LogP contribution < -0.4 is 10.1 Å². The van der Waals surface area contributed by atoms with Crippen molar-refractivity contribution in [3.8, 4) is 5.75 Å². The molecule has 114 valence electrons. The quantitative estimate of drug-likeness (QED) is 0.887. The van der Waals surface area contributed by atoms with Crippen molar-refractivity contribution >= 4 is 22.6 Å². The molecule has 0 aliphatic rings. The second-order valence-corrected chi connectivity index (χ2v) is 4.90. The first kappa shape index (κ1) is 15.4. The van der Waals surface area contributed by atoms with Gasteiger partial charge in [-0.2, -0.15) is 0 Å². The van der Waals surface area contributed by atoms with Gasteiger partial charge in [-0.1, -0.05) is 13.8 Å². The minimum absolute atomic E-state index is 0.110. The standard InChI is InChI=1S/C16H22N2O3/c1-5-18(6-2)10-15-16(17-11(3)19)13-9-12(20-4)7-8-14(13)21-15/h7-9H,5-6,10H2,1-4H3,(H,17,19). The summed E-state index contributed by atoms with van der Waals surface area (Å²) in [6, 6.07) is 5.60. The van der Waals surface area contributed by atoms with E-state index >= 15 is 0 Å². The van der Waals surface area contributed by atoms with Crippen molar-refractivity contribution in [2.45, 2.75) is 27.3 Å². The largest absolute Gasteiger partial charge is 0.497 e. The van der Waals surface area contributed by atoms with Crippen LogP contribution in [0.2, 0.25) is 0 Å². The Labute approximate surface area is 124 Å². The molecule has 1 N–H and O–H groups in total. The number of furan rings is 1. The summed E-state index contributed by atoms with van der Waals surface area (Å²) in [6.07, 6.45) is 0. The van der Waals surface area contributed by atoms with Gasteiger partial charge >= 0.3 is 0 Å². The average molecular weight is 290 g/mol. The molecule has 0 atom stereocenters. The van der Waals surface area contributed by atoms with E-state index in [1.807, 2.05) is 18.2 Å². The summed E-state index contributed by atoms with van der Waals surface area (Å²) in [7, 11) is 1.62. The zero-order valence-corrected chi connectivity index (χ0v) is 13.0. The highest BCUT2D eigenvalue weighted by Gasteiger charge is 2.17. The third-order valence-corrected chi connectivity index (χ3v) is 3.53. The lowest BCUT2D eigenvalue weighted by Crippen LogP contribution is -2.22. The van der Waals surface area contributed by atoms with Gasteiger partial charge in [0.15, 0.2) is 0 Å². The van der Waals surface area contributed by atoms with Crippen molar-refractivity contribution in [2.75, 3.05) is 25.5 Å². The van der Waals surface area contributed by atoms with Crippen LogP contribution in [0.3, 0.4) is 0 Å². The molecule has 2 rings (SSSR count). The van der Waals surface area contributed by atoms with Crippen molar-refractivity contribution in [1.82, 2.24) is 4.90 Å². The van der Waals surface area contributed by atoms with Crippen LogP contribution in [0, 0.1) is 0 Å². The SMILES string of the molecule is CCN(CC)Cc1oc2ccc(OC)cc2c1NC(C)=O. The van der Waals surface area contributed by atoms with Crippen molar-refractivity contribution in [2.24, 2.45) is 0 Å². The Bertz CT molecular complexity index is 630. The molecule has 0 bridgehead atoms. The van der Waals surface area contributed by atoms with E-state index in [-0.39, 0.29) is 5.91 Å². The summed E-state index contributed by atoms with van der Waals surface area (Å²) >= 11 is 0. The van der Waals surface area contributed by atoms with Gasteiger partial charge in [0.05, 0.1) is 19.3 Å². The van der Waals surface area contributed by atoms with E-state index in [1.165, 1.54) is 6.92 Å². The Hall–Kier alpha value is -2.01. The van der Waals surface area contributed by atoms with E-state index in [1.54, 1.807) is 7.11 Å². The molecule has 0 spiro atoms. The molecule has 0 saturated heterocycles. The van der Waals surface area contributed by atoms with Crippen LogP contribution >= 0.6 is 0 Å². The Morgan fingerprint density at radius 2 is 2.05 bits per heavy atom. The Balaban J connectivity index is 2.49. The van der Waals surface area contributed by atoms with Crippen molar-refractivity contribution in [3.05, 3.63) is 24.0 Å². The smallest absolute Gasteiger partial charge is 0.221 e. The van der Waals surface area contributed by atoms with Crippen LogP contribution in [0.25, 0.3) is 11.0 Å². The molecule has 0 unspecified atom stereocenters. The van der Waals surface area contributed by atoms with Crippen LogP contribution in [0.4, 0.5) is 5.69 Å². The summed E-state index contributed by atoms with van der Waals surface area (Å²) in [5.74, 6) is 1.41. The molecular formula is C16H22N2O3. The normalized spacial score (nSPS) is 11.1. The molecule has 0 aliphatic carbocycles. The van der Waals surface area contributed by atoms with Crippen LogP contribution in [0.1, 0.15) is 26.5 Å². The van der Waals surface area contributed by atoms with Crippen molar-refractivity contribution in [1.29, 1.82) is 0 Å². The first-order valence-corrected chi connectivity index (χ1v) is 7.18. The minimum atomic E-state index is -0.110. The van der Waals surface area contributed by atoms with E-state index < -0.39 is 0 Å². The maximum Gasteiger partial charge on any atom is 0.221 e. The third-order valence-electron chi connectivity index (χ3n) is 3.53. The number of benzene rings is 1. The molecule has 1 amide bonds. The molecule has 2 aromatic rings. The molecule has 0 fully saturated rings. The lowest BCUT2D eigenvalue weighted by atomic mass is 10.2. The second-order valence-electron chi connectivity index (χ2n) is 4.90. The number of nitrogens with zero attached hydrogens (tertiary/aromatic N) is 1. The lowest BCUT2D eigenvalue weighted by Gasteiger charge is -2.17. The highest BCUT2D eigenvalue weighted by atomic mass is 16.5. The number of carbonyl (C=O) groups excluding carboxylic acids is 1. The predicted octanol–water partition coefficient (Wildman–Crippen LogP) is 3.24. The van der Waals surface area contributed by atoms with Gasteiger partial charge in [-0.3, -0.25) is 9.69 Å². The lowest BCUT2D eigenvalue weighted by molar-refractivity contribution is -0.114. The molecule has 0 saturated carbocycles. The topological polar surface area (TPSA) is 54.7 Å². The monoisotopic (exact) mass is 290 g/mol. The molecule has 5 nitrogen and oxygen atoms in total. The summed E-state index contributed by atoms with van der Waals surface area (Å²) < 4.78 is 11.2. The summed E-state index contributed by atoms with van der Waals surface area (Å²) in [5.41, 5.74) is 1.49. The maximum absolute atomic E-state index is 11.5. The highest BCUT2D eigenvalue weighted by molar-refractivity contribution is 6.01. The van der Waals surface area contributed by atoms with Crippen molar-refractivity contribution in [3.63, 3.8) is 0 Å². The number of amides is 1. The molecule has 1 aromatic carbocycles. The number of ether oxygens (including phenoxy) is 1. The molecule has 5 heteroatoms. The minimum Gasteiger partial charge on any atom is -0.497 e. The number of nitrogens with one attached hydrogen (secondary N) is 1. The number of fused-ring (bicyclic) bond motifs is 1. The first-order chi connectivity index (χ1) is 10.1. The Morgan fingerprint density at radius 3 is 2.62 bits per heavy atom. The molecule has 21 heavy (non-hydrogen) atoms. The number of hydrogen-bond donors (Lipinski definition) is 1. The summed E-state index contributed by atoms with van der Waals surface area (Å²) in [6.45, 7) is 8.23. The molecule has 0 radical (unpaired) electrons. The summed E-state index contributed by atoms with van der Waals surface area (Å²) in [5, 5.41) is 3.75. The van der Waals surface area contributed by atoms with Gasteiger partial charge in [-0.25, -0.2) is 0 Å². The van der Waals surface area contributed by atoms with Gasteiger partial charge in [0.1, 0.15) is 17.1 Å². The van der Waals surface area contributed by atoms with Gasteiger partial charge in [0, 0.05) is 12.3 Å². The maximum atomic E-state index is 11.5. The van der Waals surface area contributed by atoms with Crippen LogP contribution in [-0.2, 0) is 11.3 Å². The fourth-order valence-corrected chi connectivity index (χ4v) is 2.33. The molecule has 0 aliphatic heterocycles. The van der Waals surface area contributed by atoms with Gasteiger partial charge in [0.25, 0.3) is 0 Å². The molecule has 1 aromatic heterocycles. The van der Waals surface area contributed by atoms with E-state index in [4.69, 9.17) is 9.15 Å². The number of anilines is 1. The number of methoxy groups -OCH3 is 1. The average Bonchev–Trinajstić information content (AvgIpc) is 2.81. The van der Waals surface area contributed by atoms with E-state index in [0.717, 1.165) is 41.3 Å². The zero-order chi connectivity index (χ0) is 15.4. The van der Waals surface area contributed by atoms with E-state index in [2.05, 4.69) is 24.1 Å². The second kappa shape index (κ2) is 6.63. The third kappa shape index (κ3) is 3.36. The molecular weight excluding hydrogens is 268 g/mol. The number of rotatable bonds is 6. The van der Waals surface area contributed by atoms with E-state index in [9.17, 15) is 4.79 Å². The predicted molar refractivity (Wildman–Crippen MR) is 83.7 cm³/mol. The van der Waals surface area contributed by atoms with Crippen LogP contribution in [0.5, 0.6) is 5.75 Å². The van der Waals surface area contributed by atoms with Gasteiger partial charge < -0.3 is 14.5 Å². The van der Waals surface area contributed by atoms with Crippen molar-refractivity contribution < 1.29 is 13.9 Å². The fourth-order valence-electron chi connectivity index (χ4n) is 2.33. The fraction of sp³-hybridized carbons (Fsp3) is 0.438. The Kier molecular flexibility index (Phi) is 4.85. The van der Waals surface area contributed by atoms with Gasteiger partial charge in [-0.05, 0) is 31.3 Å². The van der Waals surface area contributed by atoms with Gasteiger partial charge in [-0.15, -0.1) is 0 Å². The molecule has 1 heterocycles. The number of hydrogen-bond acceptors (Lipinski definition) is 4. The zero-order valence-electron chi connectivity index (χ0n) is 13.0.